The quantitative estimate of drug-likeness (QED) is 0.0995. The molecule has 1 aromatic rings. The molecule has 1 fully saturated rings. The smallest absolute Gasteiger partial charge is 0.192 e. The molecule has 0 bridgehead atoms. The van der Waals surface area contributed by atoms with Crippen molar-refractivity contribution in [1.82, 2.24) is 0 Å². The Bertz CT molecular complexity index is 856. The Hall–Kier alpha value is -0.706. The van der Waals surface area contributed by atoms with E-state index < -0.39 is 16.6 Å². The van der Waals surface area contributed by atoms with E-state index >= 15 is 0 Å². The summed E-state index contributed by atoms with van der Waals surface area (Å²) in [5, 5.41) is 0.353. The highest BCUT2D eigenvalue weighted by Gasteiger charge is 2.37. The van der Waals surface area contributed by atoms with Crippen molar-refractivity contribution in [2.75, 3.05) is 79.3 Å². The predicted octanol–water partition coefficient (Wildman–Crippen LogP) is 6.73. The number of ether oxygens (including phenoxy) is 7. The van der Waals surface area contributed by atoms with Crippen LogP contribution in [0.3, 0.4) is 0 Å². The van der Waals surface area contributed by atoms with Gasteiger partial charge in [-0.15, -0.1) is 0 Å². The third kappa shape index (κ3) is 14.8. The van der Waals surface area contributed by atoms with Gasteiger partial charge >= 0.3 is 0 Å². The van der Waals surface area contributed by atoms with Crippen LogP contribution in [0, 0.1) is 0 Å². The summed E-state index contributed by atoms with van der Waals surface area (Å²) >= 11 is 0. The van der Waals surface area contributed by atoms with Gasteiger partial charge < -0.3 is 42.0 Å². The molecule has 0 atom stereocenters. The zero-order chi connectivity index (χ0) is 32.7. The van der Waals surface area contributed by atoms with E-state index in [2.05, 4.69) is 67.7 Å². The van der Waals surface area contributed by atoms with Crippen LogP contribution < -0.4 is 0 Å². The van der Waals surface area contributed by atoms with Gasteiger partial charge in [-0.2, -0.15) is 0 Å². The molecule has 1 aliphatic rings. The first-order valence-electron chi connectivity index (χ1n) is 16.1. The maximum absolute atomic E-state index is 6.23. The minimum absolute atomic E-state index is 0.176. The van der Waals surface area contributed by atoms with Crippen molar-refractivity contribution in [1.29, 1.82) is 0 Å². The summed E-state index contributed by atoms with van der Waals surface area (Å²) in [5.74, 6) is 0. The van der Waals surface area contributed by atoms with E-state index in [-0.39, 0.29) is 22.5 Å². The van der Waals surface area contributed by atoms with Crippen LogP contribution in [0.2, 0.25) is 36.3 Å². The fourth-order valence-electron chi connectivity index (χ4n) is 3.72. The lowest BCUT2D eigenvalue weighted by Crippen LogP contribution is -2.42. The molecule has 0 aromatic heterocycles. The van der Waals surface area contributed by atoms with E-state index in [1.165, 1.54) is 0 Å². The lowest BCUT2D eigenvalue weighted by molar-refractivity contribution is -0.0803. The van der Waals surface area contributed by atoms with E-state index in [0.29, 0.717) is 85.9 Å². The molecule has 1 aromatic carbocycles. The second kappa shape index (κ2) is 19.2. The summed E-state index contributed by atoms with van der Waals surface area (Å²) in [6.45, 7) is 29.3. The van der Waals surface area contributed by atoms with Crippen LogP contribution in [0.5, 0.6) is 0 Å². The number of hydrogen-bond acceptors (Lipinski definition) is 9. The fraction of sp³-hybridized carbons (Fsp3) is 0.818. The van der Waals surface area contributed by atoms with Crippen molar-refractivity contribution >= 4 is 16.6 Å². The SMILES string of the molecule is CC(C)(C)[Si](C)(C)OCCOCC(COCCO[Si](C)(C)C(C)(C)C)OCCOCCOCc1ccc(C2OCCO2)cc1. The van der Waals surface area contributed by atoms with E-state index in [1.54, 1.807) is 0 Å². The highest BCUT2D eigenvalue weighted by atomic mass is 28.4. The van der Waals surface area contributed by atoms with Crippen LogP contribution in [-0.4, -0.2) is 102 Å². The topological polar surface area (TPSA) is 83.1 Å². The third-order valence-electron chi connectivity index (χ3n) is 8.70. The molecule has 2 rings (SSSR count). The summed E-state index contributed by atoms with van der Waals surface area (Å²) in [6, 6.07) is 8.13. The minimum Gasteiger partial charge on any atom is -0.414 e. The lowest BCUT2D eigenvalue weighted by Gasteiger charge is -2.36. The number of benzene rings is 1. The summed E-state index contributed by atoms with van der Waals surface area (Å²) < 4.78 is 53.0. The molecule has 9 nitrogen and oxygen atoms in total. The first-order chi connectivity index (χ1) is 20.6. The van der Waals surface area contributed by atoms with Crippen molar-refractivity contribution in [2.24, 2.45) is 0 Å². The molecule has 256 valence electrons. The highest BCUT2D eigenvalue weighted by Crippen LogP contribution is 2.37. The van der Waals surface area contributed by atoms with Gasteiger partial charge in [-0.1, -0.05) is 65.8 Å². The van der Waals surface area contributed by atoms with Crippen LogP contribution >= 0.6 is 0 Å². The van der Waals surface area contributed by atoms with Crippen LogP contribution in [0.25, 0.3) is 0 Å². The average Bonchev–Trinajstić information content (AvgIpc) is 3.48. The Labute approximate surface area is 269 Å². The zero-order valence-electron chi connectivity index (χ0n) is 29.3. The van der Waals surface area contributed by atoms with Gasteiger partial charge in [0.05, 0.1) is 85.9 Å². The van der Waals surface area contributed by atoms with Crippen LogP contribution in [0.15, 0.2) is 24.3 Å². The molecular weight excluding hydrogens is 597 g/mol. The fourth-order valence-corrected chi connectivity index (χ4v) is 5.78. The number of hydrogen-bond donors (Lipinski definition) is 0. The van der Waals surface area contributed by atoms with Crippen molar-refractivity contribution in [3.63, 3.8) is 0 Å². The van der Waals surface area contributed by atoms with Gasteiger partial charge in [-0.25, -0.2) is 0 Å². The second-order valence-corrected chi connectivity index (χ2v) is 24.0. The van der Waals surface area contributed by atoms with Crippen molar-refractivity contribution in [3.05, 3.63) is 35.4 Å². The lowest BCUT2D eigenvalue weighted by atomic mass is 10.1. The Balaban J connectivity index is 1.64. The summed E-state index contributed by atoms with van der Waals surface area (Å²) in [7, 11) is -3.58. The summed E-state index contributed by atoms with van der Waals surface area (Å²) in [4.78, 5) is 0. The molecule has 0 amide bonds. The standard InChI is InChI=1S/C33H62O9Si2/c1-32(2,3)43(7,8)41-23-18-36-26-30(27-37-19-24-42-44(9,10)33(4,5)6)38-20-17-34-15-16-35-25-28-11-13-29(14-12-28)31-39-21-22-40-31/h11-14,30-31H,15-27H2,1-10H3. The van der Waals surface area contributed by atoms with E-state index in [1.807, 2.05) is 24.3 Å². The molecule has 0 N–H and O–H groups in total. The molecule has 0 spiro atoms. The van der Waals surface area contributed by atoms with Gasteiger partial charge in [0, 0.05) is 5.56 Å². The van der Waals surface area contributed by atoms with Gasteiger partial charge in [-0.05, 0) is 41.8 Å². The maximum Gasteiger partial charge on any atom is 0.192 e. The Morgan fingerprint density at radius 2 is 1.09 bits per heavy atom. The average molecular weight is 659 g/mol. The van der Waals surface area contributed by atoms with Gasteiger partial charge in [0.1, 0.15) is 6.10 Å². The molecule has 1 saturated heterocycles. The minimum atomic E-state index is -1.79. The Kier molecular flexibility index (Phi) is 17.2. The monoisotopic (exact) mass is 658 g/mol. The second-order valence-electron chi connectivity index (χ2n) is 14.3. The van der Waals surface area contributed by atoms with Crippen molar-refractivity contribution in [3.8, 4) is 0 Å². The molecule has 1 aliphatic heterocycles. The molecule has 0 unspecified atom stereocenters. The molecule has 0 radical (unpaired) electrons. The van der Waals surface area contributed by atoms with E-state index in [9.17, 15) is 0 Å². The maximum atomic E-state index is 6.23. The van der Waals surface area contributed by atoms with Gasteiger partial charge in [0.15, 0.2) is 22.9 Å². The predicted molar refractivity (Wildman–Crippen MR) is 179 cm³/mol. The summed E-state index contributed by atoms with van der Waals surface area (Å²) in [6.07, 6.45) is -0.445. The molecule has 1 heterocycles. The van der Waals surface area contributed by atoms with Crippen molar-refractivity contribution < 1.29 is 42.0 Å². The zero-order valence-corrected chi connectivity index (χ0v) is 31.3. The molecule has 0 saturated carbocycles. The van der Waals surface area contributed by atoms with Crippen molar-refractivity contribution in [2.45, 2.75) is 96.8 Å². The van der Waals surface area contributed by atoms with Gasteiger partial charge in [0.2, 0.25) is 0 Å². The molecule has 0 aliphatic carbocycles. The number of rotatable bonds is 22. The normalized spacial score (nSPS) is 15.5. The van der Waals surface area contributed by atoms with Crippen LogP contribution in [0.1, 0.15) is 59.0 Å². The van der Waals surface area contributed by atoms with E-state index in [4.69, 9.17) is 42.0 Å². The molecular formula is C33H62O9Si2. The summed E-state index contributed by atoms with van der Waals surface area (Å²) in [5.41, 5.74) is 2.13. The highest BCUT2D eigenvalue weighted by molar-refractivity contribution is 6.74. The first-order valence-corrected chi connectivity index (χ1v) is 22.0. The molecule has 11 heteroatoms. The van der Waals surface area contributed by atoms with Gasteiger partial charge in [0.25, 0.3) is 0 Å². The Morgan fingerprint density at radius 1 is 0.636 bits per heavy atom. The molecule has 44 heavy (non-hydrogen) atoms. The van der Waals surface area contributed by atoms with Crippen LogP contribution in [0.4, 0.5) is 0 Å². The third-order valence-corrected chi connectivity index (χ3v) is 17.8. The largest absolute Gasteiger partial charge is 0.414 e. The first kappa shape index (κ1) is 39.5. The van der Waals surface area contributed by atoms with E-state index in [0.717, 1.165) is 11.1 Å². The van der Waals surface area contributed by atoms with Crippen LogP contribution in [-0.2, 0) is 48.6 Å². The van der Waals surface area contributed by atoms with Gasteiger partial charge in [-0.3, -0.25) is 0 Å². The Morgan fingerprint density at radius 3 is 1.59 bits per heavy atom.